The van der Waals surface area contributed by atoms with Crippen LogP contribution in [0.4, 0.5) is 21.7 Å². The summed E-state index contributed by atoms with van der Waals surface area (Å²) in [4.78, 5) is 43.2. The van der Waals surface area contributed by atoms with Crippen LogP contribution in [0.3, 0.4) is 0 Å². The van der Waals surface area contributed by atoms with Gasteiger partial charge in [-0.05, 0) is 79.8 Å². The lowest BCUT2D eigenvalue weighted by Gasteiger charge is -2.32. The van der Waals surface area contributed by atoms with Crippen LogP contribution in [0.15, 0.2) is 41.3 Å². The molecule has 2 N–H and O–H groups in total. The highest BCUT2D eigenvalue weighted by molar-refractivity contribution is 6.02. The minimum Gasteiger partial charge on any atom is -0.461 e. The second-order valence-corrected chi connectivity index (χ2v) is 12.8. The Morgan fingerprint density at radius 1 is 1.00 bits per heavy atom. The van der Waals surface area contributed by atoms with E-state index in [1.54, 1.807) is 25.4 Å². The number of ether oxygens (including phenoxy) is 1. The number of nitrogens with one attached hydrogen (secondary N) is 2. The van der Waals surface area contributed by atoms with E-state index in [-0.39, 0.29) is 23.8 Å². The molecule has 0 spiro atoms. The summed E-state index contributed by atoms with van der Waals surface area (Å²) in [5.74, 6) is -0.0534. The molecule has 1 fully saturated rings. The number of esters is 1. The van der Waals surface area contributed by atoms with Gasteiger partial charge in [0.1, 0.15) is 23.8 Å². The number of benzene rings is 1. The zero-order chi connectivity index (χ0) is 33.5. The standard InChI is InChI=1S/C35H39FN8O4/c1-21(45)48-20-27-25(17-23(36)18-26(27)32-24-6-4-5-7-29(24)44-11-10-37-34(46)33(32)44)22-16-28(35(47)42(3)19-22)38-30-8-9-31(40-39-30)43-14-12-41(2)13-15-43/h8-9,16-19H,4-7,10-15,20H2,1-3H3,(H,37,46)(H,38,39). The van der Waals surface area contributed by atoms with Crippen LogP contribution in [-0.2, 0) is 42.6 Å². The van der Waals surface area contributed by atoms with Crippen molar-refractivity contribution >= 4 is 29.2 Å². The number of rotatable bonds is 7. The monoisotopic (exact) mass is 654 g/mol. The number of hydrogen-bond acceptors (Lipinski definition) is 9. The van der Waals surface area contributed by atoms with Crippen LogP contribution in [0.5, 0.6) is 0 Å². The second kappa shape index (κ2) is 12.9. The molecule has 3 aliphatic rings. The molecule has 7 rings (SSSR count). The SMILES string of the molecule is CC(=O)OCc1c(-c2cc(Nc3ccc(N4CCN(C)CC4)nn3)c(=O)n(C)c2)cc(F)cc1-c1c2c(n3c1C(=O)NCC3)CCCC2. The Morgan fingerprint density at radius 3 is 2.52 bits per heavy atom. The Bertz CT molecular complexity index is 1960. The number of fused-ring (bicyclic) bond motifs is 3. The van der Waals surface area contributed by atoms with E-state index in [9.17, 15) is 14.4 Å². The van der Waals surface area contributed by atoms with Crippen LogP contribution in [0.25, 0.3) is 22.3 Å². The van der Waals surface area contributed by atoms with Crippen molar-refractivity contribution in [1.29, 1.82) is 0 Å². The summed E-state index contributed by atoms with van der Waals surface area (Å²) in [5, 5.41) is 14.8. The van der Waals surface area contributed by atoms with E-state index in [1.165, 1.54) is 23.6 Å². The molecular weight excluding hydrogens is 615 g/mol. The normalized spacial score (nSPS) is 16.2. The van der Waals surface area contributed by atoms with Gasteiger partial charge in [0.25, 0.3) is 11.5 Å². The highest BCUT2D eigenvalue weighted by Crippen LogP contribution is 2.43. The summed E-state index contributed by atoms with van der Waals surface area (Å²) in [7, 11) is 3.71. The third-order valence-electron chi connectivity index (χ3n) is 9.55. The van der Waals surface area contributed by atoms with Gasteiger partial charge in [0.15, 0.2) is 11.6 Å². The van der Waals surface area contributed by atoms with Crippen molar-refractivity contribution in [3.63, 3.8) is 0 Å². The Kier molecular flexibility index (Phi) is 8.46. The predicted octanol–water partition coefficient (Wildman–Crippen LogP) is 3.63. The number of carbonyl (C=O) groups is 2. The molecule has 5 heterocycles. The maximum absolute atomic E-state index is 15.8. The summed E-state index contributed by atoms with van der Waals surface area (Å²) in [6.45, 7) is 5.92. The molecule has 48 heavy (non-hydrogen) atoms. The van der Waals surface area contributed by atoms with E-state index in [2.05, 4.69) is 42.2 Å². The van der Waals surface area contributed by atoms with Crippen LogP contribution in [0, 0.1) is 5.82 Å². The van der Waals surface area contributed by atoms with E-state index in [0.29, 0.717) is 52.4 Å². The molecule has 1 amide bonds. The number of anilines is 3. The number of likely N-dealkylation sites (N-methyl/N-ethyl adjacent to an activating group) is 1. The molecule has 12 nitrogen and oxygen atoms in total. The van der Waals surface area contributed by atoms with E-state index < -0.39 is 11.8 Å². The van der Waals surface area contributed by atoms with Crippen LogP contribution in [0.2, 0.25) is 0 Å². The number of piperazine rings is 1. The van der Waals surface area contributed by atoms with E-state index >= 15 is 4.39 Å². The van der Waals surface area contributed by atoms with Gasteiger partial charge in [0.05, 0.1) is 0 Å². The minimum atomic E-state index is -0.513. The summed E-state index contributed by atoms with van der Waals surface area (Å²) in [6.07, 6.45) is 5.21. The van der Waals surface area contributed by atoms with Gasteiger partial charge in [-0.25, -0.2) is 4.39 Å². The fraction of sp³-hybridized carbons (Fsp3) is 0.400. The molecule has 3 aromatic heterocycles. The molecule has 1 aliphatic carbocycles. The first kappa shape index (κ1) is 31.6. The molecular formula is C35H39FN8O4. The predicted molar refractivity (Wildman–Crippen MR) is 180 cm³/mol. The fourth-order valence-electron chi connectivity index (χ4n) is 7.14. The van der Waals surface area contributed by atoms with E-state index in [4.69, 9.17) is 4.74 Å². The van der Waals surface area contributed by atoms with Gasteiger partial charge in [-0.1, -0.05) is 0 Å². The lowest BCUT2D eigenvalue weighted by atomic mass is 9.86. The van der Waals surface area contributed by atoms with Crippen LogP contribution >= 0.6 is 0 Å². The Morgan fingerprint density at radius 2 is 1.77 bits per heavy atom. The van der Waals surface area contributed by atoms with Crippen LogP contribution in [0.1, 0.15) is 47.1 Å². The van der Waals surface area contributed by atoms with E-state index in [1.807, 2.05) is 6.07 Å². The second-order valence-electron chi connectivity index (χ2n) is 12.8. The molecule has 250 valence electrons. The number of nitrogens with zero attached hydrogens (tertiary/aromatic N) is 6. The first-order valence-electron chi connectivity index (χ1n) is 16.4. The first-order chi connectivity index (χ1) is 23.2. The number of halogens is 1. The molecule has 4 aromatic rings. The van der Waals surface area contributed by atoms with Crippen LogP contribution < -0.4 is 21.1 Å². The maximum Gasteiger partial charge on any atom is 0.302 e. The largest absolute Gasteiger partial charge is 0.461 e. The maximum atomic E-state index is 15.8. The quantitative estimate of drug-likeness (QED) is 0.288. The summed E-state index contributed by atoms with van der Waals surface area (Å²) >= 11 is 0. The summed E-state index contributed by atoms with van der Waals surface area (Å²) < 4.78 is 24.8. The number of aromatic nitrogens is 4. The number of amides is 1. The van der Waals surface area contributed by atoms with E-state index in [0.717, 1.165) is 68.9 Å². The number of pyridine rings is 1. The first-order valence-corrected chi connectivity index (χ1v) is 16.4. The Balaban J connectivity index is 1.32. The van der Waals surface area contributed by atoms with Gasteiger partial charge in [0, 0.05) is 81.8 Å². The number of hydrogen-bond donors (Lipinski definition) is 2. The van der Waals surface area contributed by atoms with Crippen molar-refractivity contribution in [2.75, 3.05) is 50.0 Å². The lowest BCUT2D eigenvalue weighted by Crippen LogP contribution is -2.44. The van der Waals surface area contributed by atoms with Crippen molar-refractivity contribution in [3.8, 4) is 22.3 Å². The molecule has 0 saturated carbocycles. The lowest BCUT2D eigenvalue weighted by molar-refractivity contribution is -0.142. The smallest absolute Gasteiger partial charge is 0.302 e. The Labute approximate surface area is 277 Å². The van der Waals surface area contributed by atoms with Gasteiger partial charge in [0.2, 0.25) is 0 Å². The molecule has 2 aliphatic heterocycles. The molecule has 0 radical (unpaired) electrons. The average molecular weight is 655 g/mol. The topological polar surface area (TPSA) is 127 Å². The van der Waals surface area contributed by atoms with Gasteiger partial charge in [-0.3, -0.25) is 14.4 Å². The van der Waals surface area contributed by atoms with Gasteiger partial charge in [-0.15, -0.1) is 10.2 Å². The van der Waals surface area contributed by atoms with Crippen molar-refractivity contribution < 1.29 is 18.7 Å². The number of carbonyl (C=O) groups excluding carboxylic acids is 2. The fourth-order valence-corrected chi connectivity index (χ4v) is 7.14. The van der Waals surface area contributed by atoms with Gasteiger partial charge < -0.3 is 34.3 Å². The highest BCUT2D eigenvalue weighted by Gasteiger charge is 2.33. The van der Waals surface area contributed by atoms with Crippen molar-refractivity contribution in [2.45, 2.75) is 45.8 Å². The summed E-state index contributed by atoms with van der Waals surface area (Å²) in [6, 6.07) is 8.11. The Hall–Kier alpha value is -5.04. The molecule has 1 aromatic carbocycles. The minimum absolute atomic E-state index is 0.147. The zero-order valence-electron chi connectivity index (χ0n) is 27.4. The molecule has 0 bridgehead atoms. The number of aryl methyl sites for hydroxylation is 1. The van der Waals surface area contributed by atoms with Crippen LogP contribution in [-0.4, -0.2) is 75.9 Å². The van der Waals surface area contributed by atoms with Crippen molar-refractivity contribution in [3.05, 3.63) is 75.2 Å². The van der Waals surface area contributed by atoms with Gasteiger partial charge >= 0.3 is 5.97 Å². The zero-order valence-corrected chi connectivity index (χ0v) is 27.4. The third kappa shape index (κ3) is 5.94. The highest BCUT2D eigenvalue weighted by atomic mass is 19.1. The summed E-state index contributed by atoms with van der Waals surface area (Å²) in [5.41, 5.74) is 5.27. The van der Waals surface area contributed by atoms with Crippen molar-refractivity contribution in [1.82, 2.24) is 29.5 Å². The molecule has 0 unspecified atom stereocenters. The molecule has 13 heteroatoms. The molecule has 0 atom stereocenters. The molecule has 1 saturated heterocycles. The van der Waals surface area contributed by atoms with Gasteiger partial charge in [-0.2, -0.15) is 0 Å². The third-order valence-corrected chi connectivity index (χ3v) is 9.55. The van der Waals surface area contributed by atoms with Crippen molar-refractivity contribution in [2.24, 2.45) is 7.05 Å². The average Bonchev–Trinajstić information content (AvgIpc) is 3.42.